The zero-order chi connectivity index (χ0) is 21.8. The van der Waals surface area contributed by atoms with Gasteiger partial charge >= 0.3 is 17.8 Å². The van der Waals surface area contributed by atoms with E-state index in [0.29, 0.717) is 17.2 Å². The summed E-state index contributed by atoms with van der Waals surface area (Å²) in [6.07, 6.45) is 0. The number of imide groups is 2. The molecule has 0 unspecified atom stereocenters. The number of hydrogen-bond donors (Lipinski definition) is 0. The second kappa shape index (κ2) is 8.77. The zero-order valence-electron chi connectivity index (χ0n) is 17.1. The van der Waals surface area contributed by atoms with Gasteiger partial charge in [0, 0.05) is 12.6 Å². The van der Waals surface area contributed by atoms with Gasteiger partial charge in [-0.1, -0.05) is 30.3 Å². The summed E-state index contributed by atoms with van der Waals surface area (Å²) in [7, 11) is 1.49. The van der Waals surface area contributed by atoms with Crippen LogP contribution in [0, 0.1) is 0 Å². The first-order valence-corrected chi connectivity index (χ1v) is 9.51. The number of hydrogen-bond acceptors (Lipinski definition) is 5. The Labute approximate surface area is 174 Å². The Morgan fingerprint density at radius 2 is 1.60 bits per heavy atom. The largest absolute Gasteiger partial charge is 0.497 e. The highest BCUT2D eigenvalue weighted by Crippen LogP contribution is 2.25. The normalized spacial score (nSPS) is 13.9. The van der Waals surface area contributed by atoms with E-state index in [1.165, 1.54) is 19.2 Å². The standard InChI is InChI=1S/C22H23N3O5/c1-15(2)23(13-16-7-5-4-6-8-16)19(26)14-24-20(27)21(28)25(22(24)29)17-9-11-18(30-3)12-10-17/h4-12,15H,13-14H2,1-3H3. The lowest BCUT2D eigenvalue weighted by Crippen LogP contribution is -2.45. The number of ether oxygens (including phenoxy) is 1. The molecule has 2 aromatic rings. The lowest BCUT2D eigenvalue weighted by atomic mass is 10.2. The van der Waals surface area contributed by atoms with Crippen molar-refractivity contribution in [2.24, 2.45) is 0 Å². The number of methoxy groups -OCH3 is 1. The van der Waals surface area contributed by atoms with Gasteiger partial charge in [-0.2, -0.15) is 0 Å². The molecule has 156 valence electrons. The molecule has 30 heavy (non-hydrogen) atoms. The summed E-state index contributed by atoms with van der Waals surface area (Å²) >= 11 is 0. The maximum Gasteiger partial charge on any atom is 0.339 e. The maximum atomic E-state index is 12.9. The Balaban J connectivity index is 1.77. The Bertz CT molecular complexity index is 956. The van der Waals surface area contributed by atoms with Gasteiger partial charge in [-0.15, -0.1) is 0 Å². The summed E-state index contributed by atoms with van der Waals surface area (Å²) in [5, 5.41) is 0. The summed E-state index contributed by atoms with van der Waals surface area (Å²) in [5.74, 6) is -1.88. The van der Waals surface area contributed by atoms with Gasteiger partial charge in [-0.25, -0.2) is 14.6 Å². The minimum Gasteiger partial charge on any atom is -0.497 e. The molecule has 0 N–H and O–H groups in total. The Morgan fingerprint density at radius 1 is 0.967 bits per heavy atom. The number of anilines is 1. The fourth-order valence-corrected chi connectivity index (χ4v) is 3.17. The summed E-state index contributed by atoms with van der Waals surface area (Å²) < 4.78 is 5.06. The van der Waals surface area contributed by atoms with Crippen LogP contribution in [-0.4, -0.2) is 53.2 Å². The minimum absolute atomic E-state index is 0.154. The number of urea groups is 1. The molecule has 0 radical (unpaired) electrons. The van der Waals surface area contributed by atoms with Crippen LogP contribution in [-0.2, 0) is 20.9 Å². The summed E-state index contributed by atoms with van der Waals surface area (Å²) in [6, 6.07) is 14.6. The third-order valence-corrected chi connectivity index (χ3v) is 4.82. The number of benzene rings is 2. The fourth-order valence-electron chi connectivity index (χ4n) is 3.17. The van der Waals surface area contributed by atoms with Gasteiger partial charge in [0.05, 0.1) is 12.8 Å². The molecule has 8 heteroatoms. The second-order valence-corrected chi connectivity index (χ2v) is 7.11. The average Bonchev–Trinajstić information content (AvgIpc) is 2.95. The third kappa shape index (κ3) is 4.17. The van der Waals surface area contributed by atoms with Gasteiger partial charge in [-0.3, -0.25) is 14.4 Å². The first kappa shape index (κ1) is 21.0. The summed E-state index contributed by atoms with van der Waals surface area (Å²) in [4.78, 5) is 53.5. The van der Waals surface area contributed by atoms with E-state index in [9.17, 15) is 19.2 Å². The van der Waals surface area contributed by atoms with Crippen molar-refractivity contribution in [2.75, 3.05) is 18.6 Å². The van der Waals surface area contributed by atoms with E-state index in [4.69, 9.17) is 4.74 Å². The zero-order valence-corrected chi connectivity index (χ0v) is 17.1. The van der Waals surface area contributed by atoms with Crippen LogP contribution in [0.4, 0.5) is 10.5 Å². The van der Waals surface area contributed by atoms with Crippen molar-refractivity contribution in [1.29, 1.82) is 0 Å². The molecule has 1 saturated heterocycles. The lowest BCUT2D eigenvalue weighted by Gasteiger charge is -2.28. The molecule has 1 fully saturated rings. The van der Waals surface area contributed by atoms with E-state index in [0.717, 1.165) is 10.5 Å². The third-order valence-electron chi connectivity index (χ3n) is 4.82. The van der Waals surface area contributed by atoms with Crippen LogP contribution >= 0.6 is 0 Å². The van der Waals surface area contributed by atoms with Crippen molar-refractivity contribution < 1.29 is 23.9 Å². The highest BCUT2D eigenvalue weighted by molar-refractivity contribution is 6.53. The van der Waals surface area contributed by atoms with E-state index < -0.39 is 30.3 Å². The number of nitrogens with zero attached hydrogens (tertiary/aromatic N) is 3. The molecule has 0 spiro atoms. The highest BCUT2D eigenvalue weighted by Gasteiger charge is 2.46. The van der Waals surface area contributed by atoms with E-state index in [2.05, 4.69) is 0 Å². The molecular weight excluding hydrogens is 386 g/mol. The van der Waals surface area contributed by atoms with Gasteiger partial charge < -0.3 is 9.64 Å². The van der Waals surface area contributed by atoms with Gasteiger partial charge in [0.15, 0.2) is 0 Å². The Morgan fingerprint density at radius 3 is 2.17 bits per heavy atom. The van der Waals surface area contributed by atoms with E-state index in [1.807, 2.05) is 44.2 Å². The molecule has 5 amide bonds. The molecule has 1 aliphatic rings. The van der Waals surface area contributed by atoms with Crippen molar-refractivity contribution >= 4 is 29.4 Å². The Hall–Kier alpha value is -3.68. The number of carbonyl (C=O) groups excluding carboxylic acids is 4. The van der Waals surface area contributed by atoms with E-state index in [1.54, 1.807) is 17.0 Å². The van der Waals surface area contributed by atoms with Crippen LogP contribution < -0.4 is 9.64 Å². The minimum atomic E-state index is -1.02. The SMILES string of the molecule is COc1ccc(N2C(=O)C(=O)N(CC(=O)N(Cc3ccccc3)C(C)C)C2=O)cc1. The summed E-state index contributed by atoms with van der Waals surface area (Å²) in [5.41, 5.74) is 1.16. The van der Waals surface area contributed by atoms with Crippen LogP contribution in [0.1, 0.15) is 19.4 Å². The van der Waals surface area contributed by atoms with Crippen molar-refractivity contribution in [3.8, 4) is 5.75 Å². The molecule has 0 bridgehead atoms. The van der Waals surface area contributed by atoms with Crippen molar-refractivity contribution in [1.82, 2.24) is 9.80 Å². The van der Waals surface area contributed by atoms with Gasteiger partial charge in [0.2, 0.25) is 5.91 Å². The molecule has 0 aliphatic carbocycles. The predicted molar refractivity (Wildman–Crippen MR) is 110 cm³/mol. The quantitative estimate of drug-likeness (QED) is 0.518. The predicted octanol–water partition coefficient (Wildman–Crippen LogP) is 2.43. The smallest absolute Gasteiger partial charge is 0.339 e. The van der Waals surface area contributed by atoms with Crippen LogP contribution in [0.5, 0.6) is 5.75 Å². The molecule has 3 rings (SSSR count). The topological polar surface area (TPSA) is 87.2 Å². The molecule has 1 heterocycles. The second-order valence-electron chi connectivity index (χ2n) is 7.11. The first-order chi connectivity index (χ1) is 14.3. The number of carbonyl (C=O) groups is 4. The maximum absolute atomic E-state index is 12.9. The first-order valence-electron chi connectivity index (χ1n) is 9.51. The molecule has 0 atom stereocenters. The van der Waals surface area contributed by atoms with E-state index in [-0.39, 0.29) is 11.7 Å². The van der Waals surface area contributed by atoms with Crippen LogP contribution in [0.2, 0.25) is 0 Å². The Kier molecular flexibility index (Phi) is 6.15. The van der Waals surface area contributed by atoms with Crippen LogP contribution in [0.15, 0.2) is 54.6 Å². The highest BCUT2D eigenvalue weighted by atomic mass is 16.5. The van der Waals surface area contributed by atoms with E-state index >= 15 is 0 Å². The van der Waals surface area contributed by atoms with Crippen LogP contribution in [0.3, 0.4) is 0 Å². The average molecular weight is 409 g/mol. The van der Waals surface area contributed by atoms with Crippen molar-refractivity contribution in [3.05, 3.63) is 60.2 Å². The molecule has 8 nitrogen and oxygen atoms in total. The van der Waals surface area contributed by atoms with Gasteiger partial charge in [0.1, 0.15) is 12.3 Å². The molecule has 0 saturated carbocycles. The molecule has 1 aliphatic heterocycles. The number of rotatable bonds is 7. The fraction of sp³-hybridized carbons (Fsp3) is 0.273. The molecule has 0 aromatic heterocycles. The molecule has 2 aromatic carbocycles. The van der Waals surface area contributed by atoms with Crippen molar-refractivity contribution in [2.45, 2.75) is 26.4 Å². The van der Waals surface area contributed by atoms with Gasteiger partial charge in [0.25, 0.3) is 0 Å². The summed E-state index contributed by atoms with van der Waals surface area (Å²) in [6.45, 7) is 3.54. The molecular formula is C22H23N3O5. The van der Waals surface area contributed by atoms with Crippen molar-refractivity contribution in [3.63, 3.8) is 0 Å². The lowest BCUT2D eigenvalue weighted by molar-refractivity contribution is -0.143. The van der Waals surface area contributed by atoms with Gasteiger partial charge in [-0.05, 0) is 43.7 Å². The van der Waals surface area contributed by atoms with Crippen LogP contribution in [0.25, 0.3) is 0 Å². The monoisotopic (exact) mass is 409 g/mol. The number of amides is 5.